The number of halogens is 2. The SMILES string of the molecule is CC(C)CNC(=O)c1cc(Nc2cccc(Cl)c2Cl)ncn1. The number of carbonyl (C=O) groups is 1. The van der Waals surface area contributed by atoms with Gasteiger partial charge in [-0.25, -0.2) is 9.97 Å². The normalized spacial score (nSPS) is 10.6. The van der Waals surface area contributed by atoms with Crippen molar-refractivity contribution in [3.05, 3.63) is 46.3 Å². The highest BCUT2D eigenvalue weighted by molar-refractivity contribution is 6.43. The quantitative estimate of drug-likeness (QED) is 0.867. The zero-order chi connectivity index (χ0) is 16.1. The molecule has 1 heterocycles. The molecule has 0 saturated carbocycles. The fraction of sp³-hybridized carbons (Fsp3) is 0.267. The Bertz CT molecular complexity index is 676. The summed E-state index contributed by atoms with van der Waals surface area (Å²) in [6.07, 6.45) is 1.32. The minimum absolute atomic E-state index is 0.239. The third-order valence-electron chi connectivity index (χ3n) is 2.78. The zero-order valence-electron chi connectivity index (χ0n) is 12.2. The first-order valence-corrected chi connectivity index (χ1v) is 7.54. The average Bonchev–Trinajstić information content (AvgIpc) is 2.50. The van der Waals surface area contributed by atoms with E-state index in [1.165, 1.54) is 6.33 Å². The molecule has 1 aromatic carbocycles. The molecule has 1 amide bonds. The zero-order valence-corrected chi connectivity index (χ0v) is 13.7. The number of benzene rings is 1. The van der Waals surface area contributed by atoms with Crippen LogP contribution in [0.15, 0.2) is 30.6 Å². The standard InChI is InChI=1S/C15H16Cl2N4O/c1-9(2)7-18-15(22)12-6-13(20-8-19-12)21-11-5-3-4-10(16)14(11)17/h3-6,8-9H,7H2,1-2H3,(H,18,22)(H,19,20,21). The van der Waals surface area contributed by atoms with Gasteiger partial charge >= 0.3 is 0 Å². The second kappa shape index (κ2) is 7.42. The molecule has 0 bridgehead atoms. The molecule has 0 saturated heterocycles. The maximum atomic E-state index is 12.0. The van der Waals surface area contributed by atoms with Gasteiger partial charge in [-0.2, -0.15) is 0 Å². The van der Waals surface area contributed by atoms with E-state index in [0.29, 0.717) is 34.0 Å². The van der Waals surface area contributed by atoms with Gasteiger partial charge in [-0.15, -0.1) is 0 Å². The van der Waals surface area contributed by atoms with Crippen molar-refractivity contribution < 1.29 is 4.79 Å². The summed E-state index contributed by atoms with van der Waals surface area (Å²) in [5.74, 6) is 0.596. The number of hydrogen-bond acceptors (Lipinski definition) is 4. The average molecular weight is 339 g/mol. The van der Waals surface area contributed by atoms with Gasteiger partial charge in [0.05, 0.1) is 15.7 Å². The molecule has 2 aromatic rings. The van der Waals surface area contributed by atoms with E-state index in [2.05, 4.69) is 20.6 Å². The van der Waals surface area contributed by atoms with Crippen LogP contribution >= 0.6 is 23.2 Å². The second-order valence-corrected chi connectivity index (χ2v) is 5.90. The van der Waals surface area contributed by atoms with E-state index in [4.69, 9.17) is 23.2 Å². The molecule has 2 N–H and O–H groups in total. The van der Waals surface area contributed by atoms with Crippen molar-refractivity contribution in [2.75, 3.05) is 11.9 Å². The van der Waals surface area contributed by atoms with Gasteiger partial charge in [-0.3, -0.25) is 4.79 Å². The summed E-state index contributed by atoms with van der Waals surface area (Å²) in [7, 11) is 0. The molecule has 0 aliphatic carbocycles. The Morgan fingerprint density at radius 1 is 1.27 bits per heavy atom. The molecule has 0 atom stereocenters. The Kier molecular flexibility index (Phi) is 5.57. The van der Waals surface area contributed by atoms with Crippen molar-refractivity contribution in [3.8, 4) is 0 Å². The van der Waals surface area contributed by atoms with Gasteiger partial charge < -0.3 is 10.6 Å². The van der Waals surface area contributed by atoms with Crippen LogP contribution in [-0.2, 0) is 0 Å². The van der Waals surface area contributed by atoms with Gasteiger partial charge in [0.15, 0.2) is 0 Å². The molecule has 0 radical (unpaired) electrons. The summed E-state index contributed by atoms with van der Waals surface area (Å²) in [6, 6.07) is 6.80. The lowest BCUT2D eigenvalue weighted by molar-refractivity contribution is 0.0944. The Balaban J connectivity index is 2.15. The van der Waals surface area contributed by atoms with Crippen LogP contribution in [0.25, 0.3) is 0 Å². The second-order valence-electron chi connectivity index (χ2n) is 5.12. The molecule has 116 valence electrons. The predicted molar refractivity (Wildman–Crippen MR) is 88.9 cm³/mol. The van der Waals surface area contributed by atoms with Crippen molar-refractivity contribution >= 4 is 40.6 Å². The summed E-state index contributed by atoms with van der Waals surface area (Å²) in [5.41, 5.74) is 0.901. The maximum Gasteiger partial charge on any atom is 0.270 e. The van der Waals surface area contributed by atoms with E-state index in [1.54, 1.807) is 24.3 Å². The predicted octanol–water partition coefficient (Wildman–Crippen LogP) is 3.91. The van der Waals surface area contributed by atoms with Crippen molar-refractivity contribution in [1.29, 1.82) is 0 Å². The Labute approximate surface area is 139 Å². The lowest BCUT2D eigenvalue weighted by atomic mass is 10.2. The topological polar surface area (TPSA) is 66.9 Å². The Hall–Kier alpha value is -1.85. The fourth-order valence-corrected chi connectivity index (χ4v) is 2.02. The van der Waals surface area contributed by atoms with E-state index in [0.717, 1.165) is 0 Å². The van der Waals surface area contributed by atoms with E-state index in [-0.39, 0.29) is 11.6 Å². The van der Waals surface area contributed by atoms with Gasteiger partial charge in [0.25, 0.3) is 5.91 Å². The van der Waals surface area contributed by atoms with Crippen molar-refractivity contribution in [2.24, 2.45) is 5.92 Å². The molecule has 0 spiro atoms. The molecule has 0 fully saturated rings. The van der Waals surface area contributed by atoms with Crippen LogP contribution in [0.4, 0.5) is 11.5 Å². The van der Waals surface area contributed by atoms with Crippen LogP contribution in [0, 0.1) is 5.92 Å². The van der Waals surface area contributed by atoms with E-state index < -0.39 is 0 Å². The molecule has 7 heteroatoms. The molecule has 22 heavy (non-hydrogen) atoms. The van der Waals surface area contributed by atoms with Crippen LogP contribution in [0.5, 0.6) is 0 Å². The van der Waals surface area contributed by atoms with Crippen LogP contribution in [-0.4, -0.2) is 22.4 Å². The van der Waals surface area contributed by atoms with Gasteiger partial charge in [0, 0.05) is 12.6 Å². The van der Waals surface area contributed by atoms with Gasteiger partial charge in [-0.1, -0.05) is 43.1 Å². The number of rotatable bonds is 5. The molecule has 0 unspecified atom stereocenters. The smallest absolute Gasteiger partial charge is 0.270 e. The van der Waals surface area contributed by atoms with Gasteiger partial charge in [-0.05, 0) is 18.1 Å². The summed E-state index contributed by atoms with van der Waals surface area (Å²) < 4.78 is 0. The van der Waals surface area contributed by atoms with Gasteiger partial charge in [0.2, 0.25) is 0 Å². The van der Waals surface area contributed by atoms with E-state index in [9.17, 15) is 4.79 Å². The molecular weight excluding hydrogens is 323 g/mol. The first-order chi connectivity index (χ1) is 10.5. The minimum Gasteiger partial charge on any atom is -0.350 e. The molecular formula is C15H16Cl2N4O. The first-order valence-electron chi connectivity index (χ1n) is 6.78. The number of carbonyl (C=O) groups excluding carboxylic acids is 1. The summed E-state index contributed by atoms with van der Waals surface area (Å²) in [5, 5.41) is 6.67. The van der Waals surface area contributed by atoms with Crippen LogP contribution < -0.4 is 10.6 Å². The number of amides is 1. The van der Waals surface area contributed by atoms with Gasteiger partial charge in [0.1, 0.15) is 17.8 Å². The number of aromatic nitrogens is 2. The number of nitrogens with zero attached hydrogens (tertiary/aromatic N) is 2. The lowest BCUT2D eigenvalue weighted by Gasteiger charge is -2.10. The molecule has 0 aliphatic rings. The highest BCUT2D eigenvalue weighted by atomic mass is 35.5. The fourth-order valence-electron chi connectivity index (χ4n) is 1.68. The molecule has 0 aliphatic heterocycles. The van der Waals surface area contributed by atoms with E-state index >= 15 is 0 Å². The van der Waals surface area contributed by atoms with E-state index in [1.807, 2.05) is 13.8 Å². The summed E-state index contributed by atoms with van der Waals surface area (Å²) in [4.78, 5) is 20.1. The summed E-state index contributed by atoms with van der Waals surface area (Å²) in [6.45, 7) is 4.63. The van der Waals surface area contributed by atoms with Crippen molar-refractivity contribution in [1.82, 2.24) is 15.3 Å². The van der Waals surface area contributed by atoms with Crippen molar-refractivity contribution in [3.63, 3.8) is 0 Å². The third kappa shape index (κ3) is 4.32. The highest BCUT2D eigenvalue weighted by Gasteiger charge is 2.10. The van der Waals surface area contributed by atoms with Crippen LogP contribution in [0.2, 0.25) is 10.0 Å². The monoisotopic (exact) mass is 338 g/mol. The number of hydrogen-bond donors (Lipinski definition) is 2. The summed E-state index contributed by atoms with van der Waals surface area (Å²) >= 11 is 12.1. The van der Waals surface area contributed by atoms with Crippen LogP contribution in [0.1, 0.15) is 24.3 Å². The molecule has 2 rings (SSSR count). The highest BCUT2D eigenvalue weighted by Crippen LogP contribution is 2.31. The molecule has 1 aromatic heterocycles. The largest absolute Gasteiger partial charge is 0.350 e. The maximum absolute atomic E-state index is 12.0. The Morgan fingerprint density at radius 3 is 2.77 bits per heavy atom. The third-order valence-corrected chi connectivity index (χ3v) is 3.60. The van der Waals surface area contributed by atoms with Crippen LogP contribution in [0.3, 0.4) is 0 Å². The molecule has 5 nitrogen and oxygen atoms in total. The first kappa shape index (κ1) is 16.5. The van der Waals surface area contributed by atoms with Crippen molar-refractivity contribution in [2.45, 2.75) is 13.8 Å². The minimum atomic E-state index is -0.239. The number of anilines is 2. The Morgan fingerprint density at radius 2 is 2.05 bits per heavy atom. The lowest BCUT2D eigenvalue weighted by Crippen LogP contribution is -2.28. The number of nitrogens with one attached hydrogen (secondary N) is 2.